The summed E-state index contributed by atoms with van der Waals surface area (Å²) in [5, 5.41) is 4.31. The highest BCUT2D eigenvalue weighted by atomic mass is 16.5. The number of rotatable bonds is 2. The topological polar surface area (TPSA) is 71.8 Å². The van der Waals surface area contributed by atoms with Gasteiger partial charge < -0.3 is 9.51 Å². The van der Waals surface area contributed by atoms with E-state index in [0.717, 1.165) is 12.8 Å². The lowest BCUT2D eigenvalue weighted by Gasteiger charge is -1.91. The first-order valence-electron chi connectivity index (χ1n) is 4.57. The van der Waals surface area contributed by atoms with Crippen LogP contribution in [0.5, 0.6) is 0 Å². The average Bonchev–Trinajstić information content (AvgIpc) is 2.49. The van der Waals surface area contributed by atoms with Crippen LogP contribution < -0.4 is 5.56 Å². The first-order valence-corrected chi connectivity index (χ1v) is 4.57. The second-order valence-corrected chi connectivity index (χ2v) is 3.21. The van der Waals surface area contributed by atoms with Crippen LogP contribution in [-0.4, -0.2) is 15.1 Å². The van der Waals surface area contributed by atoms with Crippen molar-refractivity contribution in [2.75, 3.05) is 0 Å². The lowest BCUT2D eigenvalue weighted by molar-refractivity contribution is 0.437. The van der Waals surface area contributed by atoms with Gasteiger partial charge >= 0.3 is 0 Å². The van der Waals surface area contributed by atoms with E-state index in [-0.39, 0.29) is 5.56 Å². The maximum absolute atomic E-state index is 11.6. The minimum atomic E-state index is -0.169. The molecule has 14 heavy (non-hydrogen) atoms. The van der Waals surface area contributed by atoms with Crippen molar-refractivity contribution in [3.8, 4) is 0 Å². The number of aromatic nitrogens is 3. The maximum atomic E-state index is 11.6. The normalized spacial score (nSPS) is 11.0. The molecule has 0 bridgehead atoms. The van der Waals surface area contributed by atoms with Crippen LogP contribution in [0.4, 0.5) is 0 Å². The van der Waals surface area contributed by atoms with Gasteiger partial charge in [0.1, 0.15) is 11.2 Å². The van der Waals surface area contributed by atoms with Crippen molar-refractivity contribution in [2.24, 2.45) is 0 Å². The van der Waals surface area contributed by atoms with Crippen molar-refractivity contribution < 1.29 is 4.52 Å². The number of aryl methyl sites for hydroxylation is 2. The van der Waals surface area contributed by atoms with E-state index in [9.17, 15) is 4.79 Å². The zero-order valence-electron chi connectivity index (χ0n) is 8.13. The molecule has 0 spiro atoms. The van der Waals surface area contributed by atoms with E-state index < -0.39 is 0 Å². The molecule has 0 unspecified atom stereocenters. The van der Waals surface area contributed by atoms with Crippen molar-refractivity contribution in [3.63, 3.8) is 0 Å². The van der Waals surface area contributed by atoms with E-state index in [2.05, 4.69) is 15.1 Å². The van der Waals surface area contributed by atoms with Crippen molar-refractivity contribution >= 4 is 11.1 Å². The molecule has 0 radical (unpaired) electrons. The molecule has 0 aliphatic rings. The molecule has 2 aromatic heterocycles. The van der Waals surface area contributed by atoms with Gasteiger partial charge in [-0.3, -0.25) is 4.79 Å². The van der Waals surface area contributed by atoms with Crippen LogP contribution in [-0.2, 0) is 6.42 Å². The second kappa shape index (κ2) is 3.25. The molecule has 1 N–H and O–H groups in total. The summed E-state index contributed by atoms with van der Waals surface area (Å²) in [7, 11) is 0. The Morgan fingerprint density at radius 2 is 2.29 bits per heavy atom. The Kier molecular flexibility index (Phi) is 2.07. The molecule has 0 aromatic carbocycles. The minimum Gasteiger partial charge on any atom is -0.335 e. The average molecular weight is 193 g/mol. The summed E-state index contributed by atoms with van der Waals surface area (Å²) in [6.45, 7) is 3.74. The van der Waals surface area contributed by atoms with E-state index >= 15 is 0 Å². The number of aromatic amines is 1. The summed E-state index contributed by atoms with van der Waals surface area (Å²) < 4.78 is 4.98. The number of H-pyrrole nitrogens is 1. The molecule has 2 aromatic rings. The molecule has 0 aliphatic carbocycles. The fourth-order valence-electron chi connectivity index (χ4n) is 1.43. The number of fused-ring (bicyclic) bond motifs is 1. The fourth-order valence-corrected chi connectivity index (χ4v) is 1.43. The summed E-state index contributed by atoms with van der Waals surface area (Å²) in [5.74, 6) is 0.543. The molecular weight excluding hydrogens is 182 g/mol. The van der Waals surface area contributed by atoms with Crippen LogP contribution in [0, 0.1) is 6.92 Å². The van der Waals surface area contributed by atoms with Gasteiger partial charge in [0.25, 0.3) is 11.3 Å². The molecular formula is C9H11N3O2. The van der Waals surface area contributed by atoms with Gasteiger partial charge in [-0.15, -0.1) is 0 Å². The third kappa shape index (κ3) is 1.30. The van der Waals surface area contributed by atoms with Crippen LogP contribution in [0.3, 0.4) is 0 Å². The molecule has 0 atom stereocenters. The van der Waals surface area contributed by atoms with Crippen LogP contribution >= 0.6 is 0 Å². The van der Waals surface area contributed by atoms with E-state index in [4.69, 9.17) is 4.52 Å². The summed E-state index contributed by atoms with van der Waals surface area (Å²) in [4.78, 5) is 18.2. The summed E-state index contributed by atoms with van der Waals surface area (Å²) in [6, 6.07) is 0. The van der Waals surface area contributed by atoms with Crippen LogP contribution in [0.15, 0.2) is 9.32 Å². The molecule has 2 rings (SSSR count). The van der Waals surface area contributed by atoms with E-state index in [0.29, 0.717) is 22.6 Å². The Balaban J connectivity index is 2.73. The van der Waals surface area contributed by atoms with E-state index in [1.807, 2.05) is 6.92 Å². The Bertz CT molecular complexity index is 512. The molecule has 5 nitrogen and oxygen atoms in total. The molecule has 5 heteroatoms. The minimum absolute atomic E-state index is 0.169. The predicted octanol–water partition coefficient (Wildman–Crippen LogP) is 1.17. The Morgan fingerprint density at radius 3 is 3.00 bits per heavy atom. The lowest BCUT2D eigenvalue weighted by atomic mass is 10.2. The van der Waals surface area contributed by atoms with Crippen LogP contribution in [0.2, 0.25) is 0 Å². The van der Waals surface area contributed by atoms with Crippen molar-refractivity contribution in [2.45, 2.75) is 26.7 Å². The molecule has 0 fully saturated rings. The molecule has 0 aliphatic heterocycles. The molecule has 0 saturated carbocycles. The van der Waals surface area contributed by atoms with Gasteiger partial charge in [-0.1, -0.05) is 18.5 Å². The highest BCUT2D eigenvalue weighted by molar-refractivity contribution is 5.74. The summed E-state index contributed by atoms with van der Waals surface area (Å²) >= 11 is 0. The fraction of sp³-hybridized carbons (Fsp3) is 0.444. The number of nitrogens with one attached hydrogen (secondary N) is 1. The number of hydrogen-bond acceptors (Lipinski definition) is 4. The van der Waals surface area contributed by atoms with Crippen LogP contribution in [0.1, 0.15) is 24.9 Å². The summed E-state index contributed by atoms with van der Waals surface area (Å²) in [5.41, 5.74) is 0.850. The molecule has 0 amide bonds. The highest BCUT2D eigenvalue weighted by Gasteiger charge is 2.12. The van der Waals surface area contributed by atoms with Gasteiger partial charge in [-0.25, -0.2) is 0 Å². The second-order valence-electron chi connectivity index (χ2n) is 3.21. The zero-order chi connectivity index (χ0) is 10.1. The quantitative estimate of drug-likeness (QED) is 0.777. The first kappa shape index (κ1) is 8.93. The standard InChI is InChI=1S/C9H11N3O2/c1-3-4-6-7-8(13)10-5(2)11-9(7)14-12-6/h3-4H2,1-2H3,(H,10,11,13). The molecule has 0 saturated heterocycles. The first-order chi connectivity index (χ1) is 6.72. The van der Waals surface area contributed by atoms with Gasteiger partial charge in [-0.05, 0) is 13.3 Å². The smallest absolute Gasteiger partial charge is 0.265 e. The Hall–Kier alpha value is -1.65. The van der Waals surface area contributed by atoms with Gasteiger partial charge in [0, 0.05) is 0 Å². The van der Waals surface area contributed by atoms with Crippen molar-refractivity contribution in [3.05, 3.63) is 21.9 Å². The van der Waals surface area contributed by atoms with E-state index in [1.54, 1.807) is 6.92 Å². The third-order valence-electron chi connectivity index (χ3n) is 2.02. The molecule has 74 valence electrons. The number of hydrogen-bond donors (Lipinski definition) is 1. The van der Waals surface area contributed by atoms with Gasteiger partial charge in [0.05, 0.1) is 5.69 Å². The van der Waals surface area contributed by atoms with Gasteiger partial charge in [-0.2, -0.15) is 4.98 Å². The van der Waals surface area contributed by atoms with Gasteiger partial charge in [0.2, 0.25) is 0 Å². The SMILES string of the molecule is CCCc1noc2nc(C)[nH]c(=O)c12. The number of nitrogens with zero attached hydrogens (tertiary/aromatic N) is 2. The van der Waals surface area contributed by atoms with Crippen molar-refractivity contribution in [1.82, 2.24) is 15.1 Å². The largest absolute Gasteiger partial charge is 0.335 e. The van der Waals surface area contributed by atoms with Gasteiger partial charge in [0.15, 0.2) is 0 Å². The Morgan fingerprint density at radius 1 is 1.50 bits per heavy atom. The molecule has 2 heterocycles. The monoisotopic (exact) mass is 193 g/mol. The predicted molar refractivity (Wildman–Crippen MR) is 51.2 cm³/mol. The van der Waals surface area contributed by atoms with E-state index in [1.165, 1.54) is 0 Å². The lowest BCUT2D eigenvalue weighted by Crippen LogP contribution is -2.09. The van der Waals surface area contributed by atoms with Crippen molar-refractivity contribution in [1.29, 1.82) is 0 Å². The summed E-state index contributed by atoms with van der Waals surface area (Å²) in [6.07, 6.45) is 1.66. The maximum Gasteiger partial charge on any atom is 0.265 e. The third-order valence-corrected chi connectivity index (χ3v) is 2.02. The Labute approximate surface area is 80.1 Å². The van der Waals surface area contributed by atoms with Crippen LogP contribution in [0.25, 0.3) is 11.1 Å². The highest BCUT2D eigenvalue weighted by Crippen LogP contribution is 2.12. The zero-order valence-corrected chi connectivity index (χ0v) is 8.13.